The number of methoxy groups -OCH3 is 1. The molecule has 1 amide bonds. The Morgan fingerprint density at radius 1 is 1.25 bits per heavy atom. The number of rotatable bonds is 3. The molecule has 0 aromatic heterocycles. The first-order valence-electron chi connectivity index (χ1n) is 5.96. The lowest BCUT2D eigenvalue weighted by Crippen LogP contribution is -2.12. The second-order valence-electron chi connectivity index (χ2n) is 4.30. The molecule has 2 N–H and O–H groups in total. The van der Waals surface area contributed by atoms with Gasteiger partial charge in [0, 0.05) is 11.3 Å². The molecule has 2 aromatic carbocycles. The molecule has 0 saturated carbocycles. The average Bonchev–Trinajstić information content (AvgIpc) is 2.42. The molecule has 20 heavy (non-hydrogen) atoms. The highest BCUT2D eigenvalue weighted by Gasteiger charge is 2.09. The van der Waals surface area contributed by atoms with Gasteiger partial charge in [0.15, 0.2) is 0 Å². The van der Waals surface area contributed by atoms with Gasteiger partial charge in [0.25, 0.3) is 5.91 Å². The quantitative estimate of drug-likeness (QED) is 0.797. The lowest BCUT2D eigenvalue weighted by atomic mass is 10.1. The summed E-state index contributed by atoms with van der Waals surface area (Å²) < 4.78 is 5.88. The van der Waals surface area contributed by atoms with Crippen LogP contribution in [0.3, 0.4) is 0 Å². The first kappa shape index (κ1) is 14.6. The molecule has 2 rings (SSSR count). The molecule has 5 heteroatoms. The third-order valence-corrected chi connectivity index (χ3v) is 3.77. The van der Waals surface area contributed by atoms with Crippen molar-refractivity contribution >= 4 is 34.2 Å². The Morgan fingerprint density at radius 2 is 2.00 bits per heavy atom. The summed E-state index contributed by atoms with van der Waals surface area (Å²) in [5.74, 6) is 0.611. The minimum Gasteiger partial charge on any atom is -0.507 e. The Bertz CT molecular complexity index is 656. The molecule has 0 bridgehead atoms. The first-order chi connectivity index (χ1) is 9.51. The first-order valence-corrected chi connectivity index (χ1v) is 7.03. The highest BCUT2D eigenvalue weighted by atomic mass is 127. The second-order valence-corrected chi connectivity index (χ2v) is 5.47. The van der Waals surface area contributed by atoms with Crippen LogP contribution in [-0.2, 0) is 0 Å². The summed E-state index contributed by atoms with van der Waals surface area (Å²) in [6.45, 7) is 1.91. The number of halogens is 1. The monoisotopic (exact) mass is 383 g/mol. The van der Waals surface area contributed by atoms with Gasteiger partial charge in [-0.25, -0.2) is 0 Å². The topological polar surface area (TPSA) is 58.6 Å². The van der Waals surface area contributed by atoms with Crippen molar-refractivity contribution in [2.75, 3.05) is 12.4 Å². The van der Waals surface area contributed by atoms with Gasteiger partial charge in [0.05, 0.1) is 10.7 Å². The number of benzene rings is 2. The number of aromatic hydroxyl groups is 1. The van der Waals surface area contributed by atoms with Gasteiger partial charge in [-0.1, -0.05) is 0 Å². The van der Waals surface area contributed by atoms with Crippen molar-refractivity contribution in [1.82, 2.24) is 0 Å². The summed E-state index contributed by atoms with van der Waals surface area (Å²) in [6, 6.07) is 10.2. The number of phenols is 1. The molecule has 0 spiro atoms. The van der Waals surface area contributed by atoms with E-state index in [0.717, 1.165) is 11.3 Å². The molecule has 4 nitrogen and oxygen atoms in total. The average molecular weight is 383 g/mol. The van der Waals surface area contributed by atoms with Gasteiger partial charge in [-0.2, -0.15) is 0 Å². The largest absolute Gasteiger partial charge is 0.507 e. The lowest BCUT2D eigenvalue weighted by molar-refractivity contribution is 0.102. The van der Waals surface area contributed by atoms with Crippen LogP contribution in [0.2, 0.25) is 0 Å². The van der Waals surface area contributed by atoms with E-state index in [1.165, 1.54) is 6.07 Å². The van der Waals surface area contributed by atoms with Crippen LogP contribution >= 0.6 is 22.6 Å². The number of amides is 1. The molecular formula is C15H14INO3. The summed E-state index contributed by atoms with van der Waals surface area (Å²) in [5, 5.41) is 12.4. The molecule has 0 aliphatic rings. The summed E-state index contributed by atoms with van der Waals surface area (Å²) in [7, 11) is 1.61. The van der Waals surface area contributed by atoms with E-state index in [1.54, 1.807) is 31.4 Å². The fraction of sp³-hybridized carbons (Fsp3) is 0.133. The van der Waals surface area contributed by atoms with Crippen molar-refractivity contribution in [3.63, 3.8) is 0 Å². The smallest absolute Gasteiger partial charge is 0.255 e. The maximum atomic E-state index is 12.1. The fourth-order valence-electron chi connectivity index (χ4n) is 1.81. The Morgan fingerprint density at radius 3 is 2.60 bits per heavy atom. The van der Waals surface area contributed by atoms with E-state index >= 15 is 0 Å². The fourth-order valence-corrected chi connectivity index (χ4v) is 2.15. The number of aryl methyl sites for hydroxylation is 1. The zero-order valence-electron chi connectivity index (χ0n) is 11.1. The van der Waals surface area contributed by atoms with E-state index in [1.807, 2.05) is 35.6 Å². The zero-order valence-corrected chi connectivity index (χ0v) is 13.3. The molecule has 104 valence electrons. The number of phenolic OH excluding ortho intramolecular Hbond substituents is 1. The second kappa shape index (κ2) is 6.13. The third kappa shape index (κ3) is 3.22. The highest BCUT2D eigenvalue weighted by Crippen LogP contribution is 2.23. The van der Waals surface area contributed by atoms with E-state index in [9.17, 15) is 9.90 Å². The van der Waals surface area contributed by atoms with E-state index in [-0.39, 0.29) is 11.7 Å². The lowest BCUT2D eigenvalue weighted by Gasteiger charge is -2.09. The van der Waals surface area contributed by atoms with Gasteiger partial charge in [0.2, 0.25) is 0 Å². The van der Waals surface area contributed by atoms with Crippen LogP contribution in [-0.4, -0.2) is 18.1 Å². The Balaban J connectivity index is 2.19. The number of hydrogen-bond donors (Lipinski definition) is 2. The molecule has 0 aliphatic heterocycles. The predicted molar refractivity (Wildman–Crippen MR) is 86.5 cm³/mol. The van der Waals surface area contributed by atoms with Crippen LogP contribution in [0.15, 0.2) is 36.4 Å². The van der Waals surface area contributed by atoms with Crippen LogP contribution in [0.25, 0.3) is 0 Å². The third-order valence-electron chi connectivity index (χ3n) is 2.86. The zero-order chi connectivity index (χ0) is 14.7. The van der Waals surface area contributed by atoms with Gasteiger partial charge in [-0.05, 0) is 71.5 Å². The summed E-state index contributed by atoms with van der Waals surface area (Å²) in [4.78, 5) is 12.1. The normalized spacial score (nSPS) is 10.2. The molecule has 0 unspecified atom stereocenters. The maximum Gasteiger partial charge on any atom is 0.255 e. The molecule has 0 aliphatic carbocycles. The Kier molecular flexibility index (Phi) is 4.49. The van der Waals surface area contributed by atoms with E-state index in [0.29, 0.717) is 14.8 Å². The van der Waals surface area contributed by atoms with Gasteiger partial charge in [-0.3, -0.25) is 4.79 Å². The van der Waals surface area contributed by atoms with Crippen molar-refractivity contribution in [2.24, 2.45) is 0 Å². The van der Waals surface area contributed by atoms with Crippen molar-refractivity contribution in [1.29, 1.82) is 0 Å². The maximum absolute atomic E-state index is 12.1. The van der Waals surface area contributed by atoms with Crippen molar-refractivity contribution in [3.8, 4) is 11.5 Å². The number of hydrogen-bond acceptors (Lipinski definition) is 3. The van der Waals surface area contributed by atoms with Crippen molar-refractivity contribution in [3.05, 3.63) is 51.1 Å². The minimum atomic E-state index is -0.263. The van der Waals surface area contributed by atoms with Crippen molar-refractivity contribution < 1.29 is 14.6 Å². The standard InChI is InChI=1S/C15H14INO3/c1-9-7-11(4-6-14(9)20-2)17-15(19)10-3-5-12(16)13(18)8-10/h3-8,18H,1-2H3,(H,17,19). The van der Waals surface area contributed by atoms with Crippen molar-refractivity contribution in [2.45, 2.75) is 6.92 Å². The number of anilines is 1. The van der Waals surface area contributed by atoms with Gasteiger partial charge in [-0.15, -0.1) is 0 Å². The van der Waals surface area contributed by atoms with Gasteiger partial charge < -0.3 is 15.2 Å². The van der Waals surface area contributed by atoms with Gasteiger partial charge >= 0.3 is 0 Å². The predicted octanol–water partition coefficient (Wildman–Crippen LogP) is 3.57. The molecule has 0 heterocycles. The number of carbonyl (C=O) groups is 1. The molecule has 2 aromatic rings. The molecule has 0 radical (unpaired) electrons. The molecular weight excluding hydrogens is 369 g/mol. The van der Waals surface area contributed by atoms with E-state index in [4.69, 9.17) is 4.74 Å². The van der Waals surface area contributed by atoms with Crippen LogP contribution in [0.5, 0.6) is 11.5 Å². The molecule has 0 atom stereocenters. The Hall–Kier alpha value is -1.76. The molecule has 0 fully saturated rings. The summed E-state index contributed by atoms with van der Waals surface area (Å²) in [5.41, 5.74) is 2.04. The SMILES string of the molecule is COc1ccc(NC(=O)c2ccc(I)c(O)c2)cc1C. The summed E-state index contributed by atoms with van der Waals surface area (Å²) in [6.07, 6.45) is 0. The number of nitrogens with one attached hydrogen (secondary N) is 1. The van der Waals surface area contributed by atoms with Crippen LogP contribution in [0, 0.1) is 10.5 Å². The minimum absolute atomic E-state index is 0.101. The van der Waals surface area contributed by atoms with Crippen LogP contribution in [0.1, 0.15) is 15.9 Å². The number of ether oxygens (including phenoxy) is 1. The van der Waals surface area contributed by atoms with E-state index < -0.39 is 0 Å². The van der Waals surface area contributed by atoms with E-state index in [2.05, 4.69) is 5.32 Å². The summed E-state index contributed by atoms with van der Waals surface area (Å²) >= 11 is 2.00. The number of carbonyl (C=O) groups excluding carboxylic acids is 1. The van der Waals surface area contributed by atoms with Crippen LogP contribution < -0.4 is 10.1 Å². The van der Waals surface area contributed by atoms with Gasteiger partial charge in [0.1, 0.15) is 11.5 Å². The Labute approximate surface area is 130 Å². The molecule has 0 saturated heterocycles. The highest BCUT2D eigenvalue weighted by molar-refractivity contribution is 14.1. The van der Waals surface area contributed by atoms with Crippen LogP contribution in [0.4, 0.5) is 5.69 Å².